The summed E-state index contributed by atoms with van der Waals surface area (Å²) in [7, 11) is 0. The minimum atomic E-state index is -0.272. The number of carbonyl (C=O) groups excluding carboxylic acids is 1. The number of allylic oxidation sites excluding steroid dienone is 2. The van der Waals surface area contributed by atoms with E-state index < -0.39 is 0 Å². The molecular weight excluding hydrogens is 200 g/mol. The van der Waals surface area contributed by atoms with Crippen molar-refractivity contribution in [1.29, 1.82) is 0 Å². The van der Waals surface area contributed by atoms with Gasteiger partial charge in [-0.1, -0.05) is 38.5 Å². The molecule has 92 valence electrons. The predicted molar refractivity (Wildman–Crippen MR) is 68.3 cm³/mol. The SMILES string of the molecule is C=C(C)C(=O)OCCCCCC/C=C/CC. The third-order valence-electron chi connectivity index (χ3n) is 2.25. The van der Waals surface area contributed by atoms with E-state index in [4.69, 9.17) is 4.74 Å². The number of ether oxygens (including phenoxy) is 1. The summed E-state index contributed by atoms with van der Waals surface area (Å²) < 4.78 is 5.00. The number of hydrogen-bond acceptors (Lipinski definition) is 2. The molecule has 0 N–H and O–H groups in total. The molecule has 0 radical (unpaired) electrons. The van der Waals surface area contributed by atoms with E-state index in [-0.39, 0.29) is 5.97 Å². The van der Waals surface area contributed by atoms with Gasteiger partial charge in [-0.2, -0.15) is 0 Å². The number of esters is 1. The zero-order valence-electron chi connectivity index (χ0n) is 10.6. The maximum absolute atomic E-state index is 11.0. The molecule has 0 fully saturated rings. The standard InChI is InChI=1S/C14H24O2/c1-4-5-6-7-8-9-10-11-12-16-14(15)13(2)3/h5-6H,2,4,7-12H2,1,3H3/b6-5+. The second kappa shape index (κ2) is 10.5. The molecule has 0 aromatic carbocycles. The van der Waals surface area contributed by atoms with Crippen molar-refractivity contribution in [3.05, 3.63) is 24.3 Å². The van der Waals surface area contributed by atoms with Gasteiger partial charge >= 0.3 is 5.97 Å². The molecule has 0 spiro atoms. The van der Waals surface area contributed by atoms with Crippen LogP contribution in [0.2, 0.25) is 0 Å². The van der Waals surface area contributed by atoms with Gasteiger partial charge in [-0.15, -0.1) is 0 Å². The van der Waals surface area contributed by atoms with Gasteiger partial charge < -0.3 is 4.74 Å². The number of rotatable bonds is 9. The molecule has 16 heavy (non-hydrogen) atoms. The van der Waals surface area contributed by atoms with Crippen LogP contribution in [-0.2, 0) is 9.53 Å². The van der Waals surface area contributed by atoms with E-state index in [1.165, 1.54) is 19.3 Å². The number of carbonyl (C=O) groups is 1. The van der Waals surface area contributed by atoms with Gasteiger partial charge in [-0.05, 0) is 32.6 Å². The van der Waals surface area contributed by atoms with E-state index >= 15 is 0 Å². The minimum Gasteiger partial charge on any atom is -0.462 e. The average Bonchev–Trinajstić information content (AvgIpc) is 2.26. The van der Waals surface area contributed by atoms with Gasteiger partial charge in [0.15, 0.2) is 0 Å². The van der Waals surface area contributed by atoms with E-state index in [0.29, 0.717) is 12.2 Å². The van der Waals surface area contributed by atoms with Gasteiger partial charge in [0, 0.05) is 5.57 Å². The molecule has 0 bridgehead atoms. The average molecular weight is 224 g/mol. The molecule has 0 aliphatic rings. The van der Waals surface area contributed by atoms with Crippen LogP contribution in [0.4, 0.5) is 0 Å². The normalized spacial score (nSPS) is 10.6. The number of unbranched alkanes of at least 4 members (excludes halogenated alkanes) is 4. The van der Waals surface area contributed by atoms with Crippen molar-refractivity contribution in [2.24, 2.45) is 0 Å². The zero-order chi connectivity index (χ0) is 12.2. The predicted octanol–water partition coefficient (Wildman–Crippen LogP) is 4.02. The highest BCUT2D eigenvalue weighted by molar-refractivity contribution is 5.86. The molecule has 0 unspecified atom stereocenters. The fourth-order valence-electron chi connectivity index (χ4n) is 1.29. The van der Waals surface area contributed by atoms with Crippen molar-refractivity contribution in [3.8, 4) is 0 Å². The number of hydrogen-bond donors (Lipinski definition) is 0. The van der Waals surface area contributed by atoms with Gasteiger partial charge in [-0.25, -0.2) is 4.79 Å². The van der Waals surface area contributed by atoms with Crippen molar-refractivity contribution in [2.45, 2.75) is 52.4 Å². The molecule has 0 aliphatic heterocycles. The van der Waals surface area contributed by atoms with Crippen LogP contribution in [0.1, 0.15) is 52.4 Å². The Morgan fingerprint density at radius 2 is 1.88 bits per heavy atom. The molecular formula is C14H24O2. The maximum atomic E-state index is 11.0. The van der Waals surface area contributed by atoms with Gasteiger partial charge in [-0.3, -0.25) is 0 Å². The summed E-state index contributed by atoms with van der Waals surface area (Å²) in [6, 6.07) is 0. The van der Waals surface area contributed by atoms with Crippen molar-refractivity contribution in [2.75, 3.05) is 6.61 Å². The van der Waals surface area contributed by atoms with Crippen LogP contribution < -0.4 is 0 Å². The Bertz CT molecular complexity index is 229. The van der Waals surface area contributed by atoms with Gasteiger partial charge in [0.2, 0.25) is 0 Å². The van der Waals surface area contributed by atoms with Crippen LogP contribution in [0.15, 0.2) is 24.3 Å². The quantitative estimate of drug-likeness (QED) is 0.256. The Balaban J connectivity index is 3.19. The fourth-order valence-corrected chi connectivity index (χ4v) is 1.29. The summed E-state index contributed by atoms with van der Waals surface area (Å²) in [5.74, 6) is -0.272. The highest BCUT2D eigenvalue weighted by Crippen LogP contribution is 2.04. The third kappa shape index (κ3) is 9.50. The fraction of sp³-hybridized carbons (Fsp3) is 0.643. The molecule has 0 saturated carbocycles. The van der Waals surface area contributed by atoms with Crippen LogP contribution in [0, 0.1) is 0 Å². The molecule has 2 heteroatoms. The second-order valence-electron chi connectivity index (χ2n) is 4.00. The lowest BCUT2D eigenvalue weighted by atomic mass is 10.1. The topological polar surface area (TPSA) is 26.3 Å². The highest BCUT2D eigenvalue weighted by atomic mass is 16.5. The molecule has 0 aromatic rings. The first-order valence-corrected chi connectivity index (χ1v) is 6.16. The Morgan fingerprint density at radius 1 is 1.19 bits per heavy atom. The van der Waals surface area contributed by atoms with E-state index in [0.717, 1.165) is 19.3 Å². The molecule has 0 heterocycles. The van der Waals surface area contributed by atoms with Gasteiger partial charge in [0.1, 0.15) is 0 Å². The summed E-state index contributed by atoms with van der Waals surface area (Å²) >= 11 is 0. The first kappa shape index (κ1) is 14.9. The molecule has 0 aromatic heterocycles. The van der Waals surface area contributed by atoms with Crippen LogP contribution >= 0.6 is 0 Å². The Hall–Kier alpha value is -1.05. The van der Waals surface area contributed by atoms with Crippen molar-refractivity contribution in [1.82, 2.24) is 0 Å². The summed E-state index contributed by atoms with van der Waals surface area (Å²) in [5, 5.41) is 0. The van der Waals surface area contributed by atoms with Crippen molar-refractivity contribution in [3.63, 3.8) is 0 Å². The van der Waals surface area contributed by atoms with Gasteiger partial charge in [0.25, 0.3) is 0 Å². The van der Waals surface area contributed by atoms with E-state index in [9.17, 15) is 4.79 Å². The van der Waals surface area contributed by atoms with E-state index in [2.05, 4.69) is 25.7 Å². The smallest absolute Gasteiger partial charge is 0.333 e. The summed E-state index contributed by atoms with van der Waals surface area (Å²) in [6.45, 7) is 7.87. The summed E-state index contributed by atoms with van der Waals surface area (Å²) in [5.41, 5.74) is 0.477. The summed E-state index contributed by atoms with van der Waals surface area (Å²) in [4.78, 5) is 11.0. The summed E-state index contributed by atoms with van der Waals surface area (Å²) in [6.07, 6.45) is 11.2. The van der Waals surface area contributed by atoms with Crippen LogP contribution in [0.3, 0.4) is 0 Å². The molecule has 0 aliphatic carbocycles. The molecule has 0 atom stereocenters. The van der Waals surface area contributed by atoms with Crippen molar-refractivity contribution < 1.29 is 9.53 Å². The first-order valence-electron chi connectivity index (χ1n) is 6.16. The monoisotopic (exact) mass is 224 g/mol. The third-order valence-corrected chi connectivity index (χ3v) is 2.25. The second-order valence-corrected chi connectivity index (χ2v) is 4.00. The van der Waals surface area contributed by atoms with E-state index in [1.54, 1.807) is 6.92 Å². The Morgan fingerprint density at radius 3 is 2.50 bits per heavy atom. The maximum Gasteiger partial charge on any atom is 0.333 e. The Labute approximate surface area is 99.4 Å². The van der Waals surface area contributed by atoms with Crippen LogP contribution in [0.25, 0.3) is 0 Å². The largest absolute Gasteiger partial charge is 0.462 e. The lowest BCUT2D eigenvalue weighted by molar-refractivity contribution is -0.139. The highest BCUT2D eigenvalue weighted by Gasteiger charge is 2.01. The first-order chi connectivity index (χ1) is 7.68. The Kier molecular flexibility index (Phi) is 9.78. The van der Waals surface area contributed by atoms with Crippen LogP contribution in [0.5, 0.6) is 0 Å². The molecule has 0 saturated heterocycles. The van der Waals surface area contributed by atoms with Crippen molar-refractivity contribution >= 4 is 5.97 Å². The molecule has 0 amide bonds. The molecule has 2 nitrogen and oxygen atoms in total. The van der Waals surface area contributed by atoms with E-state index in [1.807, 2.05) is 0 Å². The lowest BCUT2D eigenvalue weighted by Crippen LogP contribution is -2.05. The van der Waals surface area contributed by atoms with Gasteiger partial charge in [0.05, 0.1) is 6.61 Å². The lowest BCUT2D eigenvalue weighted by Gasteiger charge is -2.03. The molecule has 0 rings (SSSR count). The zero-order valence-corrected chi connectivity index (χ0v) is 10.6. The minimum absolute atomic E-state index is 0.272. The van der Waals surface area contributed by atoms with Crippen LogP contribution in [-0.4, -0.2) is 12.6 Å².